The minimum atomic E-state index is -4.36. The van der Waals surface area contributed by atoms with E-state index in [1.165, 1.54) is 18.5 Å². The Hall–Kier alpha value is -1.59. The molecule has 0 N–H and O–H groups in total. The van der Waals surface area contributed by atoms with Crippen LogP contribution in [0.4, 0.5) is 13.2 Å². The van der Waals surface area contributed by atoms with Gasteiger partial charge in [-0.3, -0.25) is 9.78 Å². The van der Waals surface area contributed by atoms with Crippen molar-refractivity contribution in [2.24, 2.45) is 0 Å². The zero-order valence-electron chi connectivity index (χ0n) is 9.65. The Balaban J connectivity index is 2.22. The van der Waals surface area contributed by atoms with Crippen molar-refractivity contribution in [1.29, 1.82) is 0 Å². The minimum Gasteiger partial charge on any atom is -0.326 e. The van der Waals surface area contributed by atoms with Gasteiger partial charge in [0, 0.05) is 18.9 Å². The molecule has 0 aliphatic carbocycles. The molecule has 1 aromatic rings. The second-order valence-corrected chi connectivity index (χ2v) is 4.29. The Morgan fingerprint density at radius 2 is 2.17 bits per heavy atom. The van der Waals surface area contributed by atoms with E-state index in [0.29, 0.717) is 12.8 Å². The molecule has 1 amide bonds. The van der Waals surface area contributed by atoms with Crippen LogP contribution >= 0.6 is 0 Å². The summed E-state index contributed by atoms with van der Waals surface area (Å²) in [5.41, 5.74) is 0.202. The van der Waals surface area contributed by atoms with Crippen LogP contribution < -0.4 is 0 Å². The third kappa shape index (κ3) is 2.63. The number of halogens is 3. The number of pyridine rings is 1. The second-order valence-electron chi connectivity index (χ2n) is 4.29. The molecule has 2 rings (SSSR count). The Labute approximate surface area is 103 Å². The van der Waals surface area contributed by atoms with Gasteiger partial charge in [0.2, 0.25) is 0 Å². The van der Waals surface area contributed by atoms with E-state index >= 15 is 0 Å². The lowest BCUT2D eigenvalue weighted by molar-refractivity contribution is -0.183. The molecule has 1 atom stereocenters. The van der Waals surface area contributed by atoms with Crippen molar-refractivity contribution in [1.82, 2.24) is 9.88 Å². The fourth-order valence-corrected chi connectivity index (χ4v) is 2.17. The lowest BCUT2D eigenvalue weighted by atomic mass is 10.0. The second kappa shape index (κ2) is 4.96. The number of rotatable bonds is 1. The van der Waals surface area contributed by atoms with E-state index in [-0.39, 0.29) is 18.5 Å². The van der Waals surface area contributed by atoms with E-state index < -0.39 is 18.1 Å². The number of aromatic nitrogens is 1. The van der Waals surface area contributed by atoms with E-state index in [0.717, 1.165) is 4.90 Å². The molecule has 0 bridgehead atoms. The fraction of sp³-hybridized carbons (Fsp3) is 0.500. The highest BCUT2D eigenvalue weighted by molar-refractivity contribution is 5.94. The molecule has 0 saturated carbocycles. The molecule has 0 radical (unpaired) electrons. The van der Waals surface area contributed by atoms with E-state index in [4.69, 9.17) is 0 Å². The predicted octanol–water partition coefficient (Wildman–Crippen LogP) is 2.64. The molecule has 2 heterocycles. The summed E-state index contributed by atoms with van der Waals surface area (Å²) in [6, 6.07) is 1.36. The quantitative estimate of drug-likeness (QED) is 0.775. The van der Waals surface area contributed by atoms with Crippen molar-refractivity contribution in [2.45, 2.75) is 31.5 Å². The average molecular weight is 258 g/mol. The number of amides is 1. The minimum absolute atomic E-state index is 0.0184. The van der Waals surface area contributed by atoms with Gasteiger partial charge in [0.15, 0.2) is 0 Å². The van der Waals surface area contributed by atoms with Crippen LogP contribution in [0.25, 0.3) is 0 Å². The van der Waals surface area contributed by atoms with Gasteiger partial charge in [-0.05, 0) is 31.4 Å². The maximum atomic E-state index is 12.9. The monoisotopic (exact) mass is 258 g/mol. The summed E-state index contributed by atoms with van der Waals surface area (Å²) in [5, 5.41) is 0. The smallest absolute Gasteiger partial charge is 0.326 e. The first-order valence-electron chi connectivity index (χ1n) is 5.78. The Morgan fingerprint density at radius 3 is 2.78 bits per heavy atom. The molecule has 1 aromatic heterocycles. The van der Waals surface area contributed by atoms with Crippen molar-refractivity contribution < 1.29 is 18.0 Å². The summed E-state index contributed by atoms with van der Waals surface area (Å²) < 4.78 is 38.6. The lowest BCUT2D eigenvalue weighted by Crippen LogP contribution is -2.51. The van der Waals surface area contributed by atoms with Crippen LogP contribution in [0.3, 0.4) is 0 Å². The van der Waals surface area contributed by atoms with Crippen LogP contribution in [-0.2, 0) is 0 Å². The summed E-state index contributed by atoms with van der Waals surface area (Å²) in [4.78, 5) is 16.7. The van der Waals surface area contributed by atoms with Crippen molar-refractivity contribution >= 4 is 5.91 Å². The summed E-state index contributed by atoms with van der Waals surface area (Å²) in [6.07, 6.45) is -0.494. The Bertz CT molecular complexity index is 419. The first-order chi connectivity index (χ1) is 8.50. The normalized spacial score (nSPS) is 20.8. The molecule has 1 aliphatic rings. The topological polar surface area (TPSA) is 33.2 Å². The zero-order valence-corrected chi connectivity index (χ0v) is 9.65. The van der Waals surface area contributed by atoms with E-state index in [1.54, 1.807) is 6.07 Å². The van der Waals surface area contributed by atoms with Gasteiger partial charge in [-0.25, -0.2) is 0 Å². The number of likely N-dealkylation sites (tertiary alicyclic amines) is 1. The molecular weight excluding hydrogens is 245 g/mol. The van der Waals surface area contributed by atoms with Crippen molar-refractivity contribution in [3.63, 3.8) is 0 Å². The fourth-order valence-electron chi connectivity index (χ4n) is 2.17. The number of alkyl halides is 3. The maximum Gasteiger partial charge on any atom is 0.408 e. The van der Waals surface area contributed by atoms with Crippen molar-refractivity contribution in [3.8, 4) is 0 Å². The SMILES string of the molecule is O=C(c1cccnc1)N1CCCCC1C(F)(F)F. The first-order valence-corrected chi connectivity index (χ1v) is 5.78. The molecule has 1 fully saturated rings. The standard InChI is InChI=1S/C12H13F3N2O/c13-12(14,15)10-5-1-2-7-17(10)11(18)9-4-3-6-16-8-9/h3-4,6,8,10H,1-2,5,7H2. The van der Waals surface area contributed by atoms with E-state index in [9.17, 15) is 18.0 Å². The summed E-state index contributed by atoms with van der Waals surface area (Å²) in [7, 11) is 0. The van der Waals surface area contributed by atoms with Gasteiger partial charge in [0.1, 0.15) is 6.04 Å². The molecule has 1 saturated heterocycles. The van der Waals surface area contributed by atoms with Crippen LogP contribution in [0.1, 0.15) is 29.6 Å². The molecule has 0 spiro atoms. The van der Waals surface area contributed by atoms with Crippen molar-refractivity contribution in [3.05, 3.63) is 30.1 Å². The third-order valence-electron chi connectivity index (χ3n) is 3.05. The van der Waals surface area contributed by atoms with Crippen LogP contribution in [-0.4, -0.2) is 34.6 Å². The first kappa shape index (κ1) is 12.9. The van der Waals surface area contributed by atoms with Gasteiger partial charge in [-0.1, -0.05) is 0 Å². The number of hydrogen-bond donors (Lipinski definition) is 0. The van der Waals surface area contributed by atoms with Crippen LogP contribution in [0.15, 0.2) is 24.5 Å². The number of nitrogens with zero attached hydrogens (tertiary/aromatic N) is 2. The highest BCUT2D eigenvalue weighted by Gasteiger charge is 2.46. The summed E-state index contributed by atoms with van der Waals surface area (Å²) in [6.45, 7) is 0.151. The molecule has 0 aromatic carbocycles. The summed E-state index contributed by atoms with van der Waals surface area (Å²) >= 11 is 0. The van der Waals surface area contributed by atoms with Crippen LogP contribution in [0.2, 0.25) is 0 Å². The van der Waals surface area contributed by atoms with Gasteiger partial charge >= 0.3 is 6.18 Å². The van der Waals surface area contributed by atoms with Gasteiger partial charge in [0.05, 0.1) is 5.56 Å². The maximum absolute atomic E-state index is 12.9. The van der Waals surface area contributed by atoms with Gasteiger partial charge < -0.3 is 4.90 Å². The molecular formula is C12H13F3N2O. The third-order valence-corrected chi connectivity index (χ3v) is 3.05. The highest BCUT2D eigenvalue weighted by Crippen LogP contribution is 2.32. The van der Waals surface area contributed by atoms with E-state index in [1.807, 2.05) is 0 Å². The zero-order chi connectivity index (χ0) is 13.2. The summed E-state index contributed by atoms with van der Waals surface area (Å²) in [5.74, 6) is -0.592. The van der Waals surface area contributed by atoms with Gasteiger partial charge in [-0.15, -0.1) is 0 Å². The molecule has 18 heavy (non-hydrogen) atoms. The van der Waals surface area contributed by atoms with Crippen LogP contribution in [0, 0.1) is 0 Å². The molecule has 3 nitrogen and oxygen atoms in total. The predicted molar refractivity (Wildman–Crippen MR) is 59.0 cm³/mol. The Morgan fingerprint density at radius 1 is 1.39 bits per heavy atom. The molecule has 6 heteroatoms. The van der Waals surface area contributed by atoms with Gasteiger partial charge in [-0.2, -0.15) is 13.2 Å². The molecule has 1 unspecified atom stereocenters. The number of carbonyl (C=O) groups is 1. The lowest BCUT2D eigenvalue weighted by Gasteiger charge is -2.36. The molecule has 98 valence electrons. The Kier molecular flexibility index (Phi) is 3.54. The largest absolute Gasteiger partial charge is 0.408 e. The number of carbonyl (C=O) groups excluding carboxylic acids is 1. The van der Waals surface area contributed by atoms with E-state index in [2.05, 4.69) is 4.98 Å². The number of hydrogen-bond acceptors (Lipinski definition) is 2. The van der Waals surface area contributed by atoms with Crippen LogP contribution in [0.5, 0.6) is 0 Å². The van der Waals surface area contributed by atoms with Gasteiger partial charge in [0.25, 0.3) is 5.91 Å². The van der Waals surface area contributed by atoms with Crippen molar-refractivity contribution in [2.75, 3.05) is 6.54 Å². The highest BCUT2D eigenvalue weighted by atomic mass is 19.4. The number of piperidine rings is 1. The average Bonchev–Trinajstić information content (AvgIpc) is 2.38. The molecule has 1 aliphatic heterocycles.